The Kier molecular flexibility index (Phi) is 7.48. The summed E-state index contributed by atoms with van der Waals surface area (Å²) >= 11 is 0. The summed E-state index contributed by atoms with van der Waals surface area (Å²) in [6.45, 7) is 2.16. The minimum Gasteiger partial charge on any atom is -0.475 e. The highest BCUT2D eigenvalue weighted by Crippen LogP contribution is 2.15. The van der Waals surface area contributed by atoms with Crippen LogP contribution in [0.5, 0.6) is 0 Å². The number of halogens is 3. The van der Waals surface area contributed by atoms with Gasteiger partial charge in [0.1, 0.15) is 11.5 Å². The van der Waals surface area contributed by atoms with E-state index in [2.05, 4.69) is 20.6 Å². The number of amides is 1. The lowest BCUT2D eigenvalue weighted by molar-refractivity contribution is -0.192. The molecule has 0 unspecified atom stereocenters. The standard InChI is InChI=1S/C19H22N6O.C2HF3O2/c1-20-15-7-9-24(13-15)19(26)14-5-6-17(21-10-14)22-11-16-12-23-18-4-2-3-8-25(16)18;3-2(4,5)1(6)7/h2-6,8,10,12,15,20H,7,9,11,13H2,1H3,(H,21,22);(H,6,7)/t15-;/m0./s1. The van der Waals surface area contributed by atoms with Crippen molar-refractivity contribution in [3.8, 4) is 0 Å². The summed E-state index contributed by atoms with van der Waals surface area (Å²) < 4.78 is 33.8. The molecule has 0 bridgehead atoms. The van der Waals surface area contributed by atoms with Gasteiger partial charge in [-0.2, -0.15) is 13.2 Å². The first kappa shape index (κ1) is 24.0. The lowest BCUT2D eigenvalue weighted by atomic mass is 10.2. The van der Waals surface area contributed by atoms with E-state index in [9.17, 15) is 18.0 Å². The van der Waals surface area contributed by atoms with Crippen LogP contribution in [-0.2, 0) is 11.3 Å². The molecule has 3 N–H and O–H groups in total. The highest BCUT2D eigenvalue weighted by atomic mass is 19.4. The highest BCUT2D eigenvalue weighted by molar-refractivity contribution is 5.94. The number of carbonyl (C=O) groups excluding carboxylic acids is 1. The van der Waals surface area contributed by atoms with Crippen molar-refractivity contribution in [2.75, 3.05) is 25.5 Å². The van der Waals surface area contributed by atoms with Crippen LogP contribution < -0.4 is 10.6 Å². The van der Waals surface area contributed by atoms with Crippen LogP contribution in [0.2, 0.25) is 0 Å². The molecule has 9 nitrogen and oxygen atoms in total. The predicted octanol–water partition coefficient (Wildman–Crippen LogP) is 2.41. The third-order valence-corrected chi connectivity index (χ3v) is 5.08. The number of carbonyl (C=O) groups is 2. The maximum absolute atomic E-state index is 12.5. The summed E-state index contributed by atoms with van der Waals surface area (Å²) in [6.07, 6.45) is 1.40. The lowest BCUT2D eigenvalue weighted by Crippen LogP contribution is -2.33. The summed E-state index contributed by atoms with van der Waals surface area (Å²) in [5.74, 6) is -1.97. The van der Waals surface area contributed by atoms with E-state index in [4.69, 9.17) is 9.90 Å². The number of fused-ring (bicyclic) bond motifs is 1. The monoisotopic (exact) mass is 464 g/mol. The largest absolute Gasteiger partial charge is 0.490 e. The van der Waals surface area contributed by atoms with Crippen LogP contribution in [0.25, 0.3) is 5.65 Å². The van der Waals surface area contributed by atoms with Crippen LogP contribution in [0.3, 0.4) is 0 Å². The average molecular weight is 464 g/mol. The number of likely N-dealkylation sites (N-methyl/N-ethyl adjacent to an activating group) is 1. The van der Waals surface area contributed by atoms with E-state index in [0.717, 1.165) is 36.7 Å². The van der Waals surface area contributed by atoms with Crippen molar-refractivity contribution in [3.63, 3.8) is 0 Å². The van der Waals surface area contributed by atoms with Gasteiger partial charge in [0, 0.05) is 31.5 Å². The molecule has 1 saturated heterocycles. The van der Waals surface area contributed by atoms with Gasteiger partial charge in [0.05, 0.1) is 24.0 Å². The van der Waals surface area contributed by atoms with Gasteiger partial charge in [-0.25, -0.2) is 14.8 Å². The molecule has 3 aromatic rings. The van der Waals surface area contributed by atoms with Crippen LogP contribution in [0.15, 0.2) is 48.9 Å². The molecule has 4 heterocycles. The molecule has 0 spiro atoms. The molecule has 0 aliphatic carbocycles. The molecule has 1 aliphatic rings. The molecular weight excluding hydrogens is 441 g/mol. The smallest absolute Gasteiger partial charge is 0.475 e. The zero-order chi connectivity index (χ0) is 24.0. The van der Waals surface area contributed by atoms with E-state index in [-0.39, 0.29) is 5.91 Å². The molecule has 3 aromatic heterocycles. The predicted molar refractivity (Wildman–Crippen MR) is 114 cm³/mol. The second kappa shape index (κ2) is 10.3. The number of hydrogen-bond acceptors (Lipinski definition) is 6. The SMILES string of the molecule is CN[C@H]1CCN(C(=O)c2ccc(NCc3cnc4ccccn34)nc2)C1.O=C(O)C(F)(F)F. The Hall–Kier alpha value is -3.67. The highest BCUT2D eigenvalue weighted by Gasteiger charge is 2.38. The second-order valence-corrected chi connectivity index (χ2v) is 7.29. The number of alkyl halides is 3. The van der Waals surface area contributed by atoms with Crippen molar-refractivity contribution in [1.29, 1.82) is 0 Å². The lowest BCUT2D eigenvalue weighted by Gasteiger charge is -2.16. The van der Waals surface area contributed by atoms with Crippen LogP contribution in [0, 0.1) is 0 Å². The molecule has 33 heavy (non-hydrogen) atoms. The van der Waals surface area contributed by atoms with Crippen LogP contribution in [-0.4, -0.2) is 68.6 Å². The Bertz CT molecular complexity index is 1100. The number of carboxylic acid groups (broad SMARTS) is 1. The number of anilines is 1. The average Bonchev–Trinajstić information content (AvgIpc) is 3.44. The number of carboxylic acids is 1. The Morgan fingerprint density at radius 2 is 1.94 bits per heavy atom. The molecule has 1 amide bonds. The molecule has 1 aliphatic heterocycles. The minimum absolute atomic E-state index is 0.0450. The van der Waals surface area contributed by atoms with Gasteiger partial charge in [0.25, 0.3) is 5.91 Å². The van der Waals surface area contributed by atoms with Gasteiger partial charge >= 0.3 is 12.1 Å². The van der Waals surface area contributed by atoms with Gasteiger partial charge in [-0.15, -0.1) is 0 Å². The quantitative estimate of drug-likeness (QED) is 0.532. The summed E-state index contributed by atoms with van der Waals surface area (Å²) in [6, 6.07) is 9.99. The summed E-state index contributed by atoms with van der Waals surface area (Å²) in [7, 11) is 1.93. The Morgan fingerprint density at radius 1 is 1.18 bits per heavy atom. The normalized spacial score (nSPS) is 15.8. The number of rotatable bonds is 5. The van der Waals surface area contributed by atoms with Crippen molar-refractivity contribution in [1.82, 2.24) is 24.6 Å². The maximum atomic E-state index is 12.5. The molecule has 1 atom stereocenters. The molecule has 4 rings (SSSR count). The van der Waals surface area contributed by atoms with Gasteiger partial charge in [-0.05, 0) is 37.7 Å². The van der Waals surface area contributed by atoms with E-state index in [1.54, 1.807) is 6.20 Å². The second-order valence-electron chi connectivity index (χ2n) is 7.29. The minimum atomic E-state index is -5.08. The number of nitrogens with one attached hydrogen (secondary N) is 2. The van der Waals surface area contributed by atoms with Crippen LogP contribution in [0.4, 0.5) is 19.0 Å². The molecule has 0 saturated carbocycles. The Morgan fingerprint density at radius 3 is 2.55 bits per heavy atom. The Balaban J connectivity index is 0.000000383. The molecule has 12 heteroatoms. The topological polar surface area (TPSA) is 112 Å². The van der Waals surface area contributed by atoms with E-state index < -0.39 is 12.1 Å². The zero-order valence-electron chi connectivity index (χ0n) is 17.7. The maximum Gasteiger partial charge on any atom is 0.490 e. The van der Waals surface area contributed by atoms with E-state index in [1.165, 1.54) is 0 Å². The molecule has 176 valence electrons. The van der Waals surface area contributed by atoms with Gasteiger partial charge in [-0.3, -0.25) is 4.79 Å². The van der Waals surface area contributed by atoms with E-state index in [1.807, 2.05) is 59.1 Å². The fraction of sp³-hybridized carbons (Fsp3) is 0.333. The van der Waals surface area contributed by atoms with E-state index >= 15 is 0 Å². The number of nitrogens with zero attached hydrogens (tertiary/aromatic N) is 4. The first-order chi connectivity index (χ1) is 15.7. The molecular formula is C21H23F3N6O3. The number of aliphatic carboxylic acids is 1. The fourth-order valence-electron chi connectivity index (χ4n) is 3.28. The first-order valence-electron chi connectivity index (χ1n) is 10.1. The van der Waals surface area contributed by atoms with Gasteiger partial charge < -0.3 is 25.0 Å². The van der Waals surface area contributed by atoms with E-state index in [0.29, 0.717) is 18.2 Å². The number of pyridine rings is 2. The molecule has 0 radical (unpaired) electrons. The van der Waals surface area contributed by atoms with Crippen molar-refractivity contribution < 1.29 is 27.9 Å². The van der Waals surface area contributed by atoms with Crippen molar-refractivity contribution in [2.24, 2.45) is 0 Å². The van der Waals surface area contributed by atoms with Gasteiger partial charge in [-0.1, -0.05) is 6.07 Å². The summed E-state index contributed by atoms with van der Waals surface area (Å²) in [4.78, 5) is 32.1. The van der Waals surface area contributed by atoms with Gasteiger partial charge in [0.15, 0.2) is 0 Å². The number of hydrogen-bond donors (Lipinski definition) is 3. The fourth-order valence-corrected chi connectivity index (χ4v) is 3.28. The number of imidazole rings is 1. The van der Waals surface area contributed by atoms with Crippen molar-refractivity contribution in [2.45, 2.75) is 25.2 Å². The van der Waals surface area contributed by atoms with Crippen LogP contribution >= 0.6 is 0 Å². The Labute approximate surface area is 187 Å². The molecule has 0 aromatic carbocycles. The third kappa shape index (κ3) is 6.19. The first-order valence-corrected chi connectivity index (χ1v) is 10.1. The van der Waals surface area contributed by atoms with Crippen LogP contribution in [0.1, 0.15) is 22.5 Å². The van der Waals surface area contributed by atoms with Gasteiger partial charge in [0.2, 0.25) is 0 Å². The van der Waals surface area contributed by atoms with Crippen molar-refractivity contribution in [3.05, 3.63) is 60.2 Å². The summed E-state index contributed by atoms with van der Waals surface area (Å²) in [5.41, 5.74) is 2.60. The molecule has 1 fully saturated rings. The summed E-state index contributed by atoms with van der Waals surface area (Å²) in [5, 5.41) is 13.6. The number of likely N-dealkylation sites (tertiary alicyclic amines) is 1. The zero-order valence-corrected chi connectivity index (χ0v) is 17.7. The third-order valence-electron chi connectivity index (χ3n) is 5.08. The van der Waals surface area contributed by atoms with Crippen molar-refractivity contribution >= 4 is 23.3 Å². The number of aromatic nitrogens is 3.